The number of hydrogen-bond acceptors (Lipinski definition) is 2. The fourth-order valence-corrected chi connectivity index (χ4v) is 1.66. The average Bonchev–Trinajstić information content (AvgIpc) is 2.06. The van der Waals surface area contributed by atoms with Gasteiger partial charge in [-0.1, -0.05) is 13.3 Å². The summed E-state index contributed by atoms with van der Waals surface area (Å²) in [6.07, 6.45) is 6.33. The van der Waals surface area contributed by atoms with Gasteiger partial charge < -0.3 is 11.1 Å². The van der Waals surface area contributed by atoms with Crippen molar-refractivity contribution >= 4 is 0 Å². The molecule has 1 heterocycles. The Morgan fingerprint density at radius 2 is 2.36 bits per heavy atom. The lowest BCUT2D eigenvalue weighted by Crippen LogP contribution is -2.38. The second kappa shape index (κ2) is 4.73. The van der Waals surface area contributed by atoms with Crippen molar-refractivity contribution in [2.75, 3.05) is 6.54 Å². The molecule has 0 bridgehead atoms. The van der Waals surface area contributed by atoms with Crippen molar-refractivity contribution in [3.8, 4) is 0 Å². The lowest BCUT2D eigenvalue weighted by Gasteiger charge is -2.25. The minimum absolute atomic E-state index is 0.408. The first-order valence-electron chi connectivity index (χ1n) is 4.82. The average molecular weight is 156 g/mol. The van der Waals surface area contributed by atoms with E-state index in [1.54, 1.807) is 0 Å². The van der Waals surface area contributed by atoms with E-state index >= 15 is 0 Å². The van der Waals surface area contributed by atoms with E-state index in [0.717, 1.165) is 12.8 Å². The van der Waals surface area contributed by atoms with Crippen LogP contribution in [-0.4, -0.2) is 18.6 Å². The van der Waals surface area contributed by atoms with Crippen molar-refractivity contribution in [2.24, 2.45) is 5.73 Å². The zero-order chi connectivity index (χ0) is 8.10. The van der Waals surface area contributed by atoms with E-state index in [2.05, 4.69) is 12.2 Å². The van der Waals surface area contributed by atoms with Crippen LogP contribution in [-0.2, 0) is 0 Å². The van der Waals surface area contributed by atoms with Gasteiger partial charge >= 0.3 is 0 Å². The lowest BCUT2D eigenvalue weighted by molar-refractivity contribution is 0.357. The molecule has 0 aromatic heterocycles. The zero-order valence-electron chi connectivity index (χ0n) is 7.47. The molecule has 0 saturated carbocycles. The molecular weight excluding hydrogens is 136 g/mol. The normalized spacial score (nSPS) is 28.4. The summed E-state index contributed by atoms with van der Waals surface area (Å²) in [7, 11) is 0. The number of nitrogens with one attached hydrogen (secondary N) is 1. The third-order valence-electron chi connectivity index (χ3n) is 2.52. The summed E-state index contributed by atoms with van der Waals surface area (Å²) in [5.41, 5.74) is 5.86. The highest BCUT2D eigenvalue weighted by Crippen LogP contribution is 2.11. The van der Waals surface area contributed by atoms with Crippen LogP contribution >= 0.6 is 0 Å². The van der Waals surface area contributed by atoms with Crippen molar-refractivity contribution in [3.63, 3.8) is 0 Å². The molecule has 1 aliphatic rings. The van der Waals surface area contributed by atoms with Gasteiger partial charge in [-0.2, -0.15) is 0 Å². The SMILES string of the molecule is CCC(N)CC1CCCCN1. The van der Waals surface area contributed by atoms with Gasteiger partial charge in [0.05, 0.1) is 0 Å². The largest absolute Gasteiger partial charge is 0.328 e. The molecule has 1 rings (SSSR count). The van der Waals surface area contributed by atoms with E-state index in [0.29, 0.717) is 12.1 Å². The van der Waals surface area contributed by atoms with E-state index in [4.69, 9.17) is 5.73 Å². The first-order valence-corrected chi connectivity index (χ1v) is 4.82. The summed E-state index contributed by atoms with van der Waals surface area (Å²) in [6, 6.07) is 1.12. The molecule has 2 unspecified atom stereocenters. The van der Waals surface area contributed by atoms with E-state index in [1.807, 2.05) is 0 Å². The molecule has 0 spiro atoms. The Balaban J connectivity index is 2.13. The van der Waals surface area contributed by atoms with Gasteiger partial charge in [-0.3, -0.25) is 0 Å². The smallest absolute Gasteiger partial charge is 0.00817 e. The summed E-state index contributed by atoms with van der Waals surface area (Å²) in [5, 5.41) is 3.50. The highest BCUT2D eigenvalue weighted by molar-refractivity contribution is 4.76. The van der Waals surface area contributed by atoms with E-state index in [-0.39, 0.29) is 0 Å². The molecule has 0 radical (unpaired) electrons. The first kappa shape index (κ1) is 9.01. The second-order valence-corrected chi connectivity index (χ2v) is 3.55. The number of hydrogen-bond donors (Lipinski definition) is 2. The molecule has 2 atom stereocenters. The summed E-state index contributed by atoms with van der Waals surface area (Å²) < 4.78 is 0. The molecule has 2 nitrogen and oxygen atoms in total. The maximum absolute atomic E-state index is 5.86. The van der Waals surface area contributed by atoms with Gasteiger partial charge in [-0.25, -0.2) is 0 Å². The van der Waals surface area contributed by atoms with Gasteiger partial charge in [0.15, 0.2) is 0 Å². The quantitative estimate of drug-likeness (QED) is 0.645. The Kier molecular flexibility index (Phi) is 3.87. The summed E-state index contributed by atoms with van der Waals surface area (Å²) >= 11 is 0. The topological polar surface area (TPSA) is 38.0 Å². The molecule has 1 fully saturated rings. The van der Waals surface area contributed by atoms with Crippen LogP contribution in [0.1, 0.15) is 39.0 Å². The number of rotatable bonds is 3. The molecule has 11 heavy (non-hydrogen) atoms. The third-order valence-corrected chi connectivity index (χ3v) is 2.52. The number of piperidine rings is 1. The monoisotopic (exact) mass is 156 g/mol. The molecule has 0 aromatic carbocycles. The number of nitrogens with two attached hydrogens (primary N) is 1. The zero-order valence-corrected chi connectivity index (χ0v) is 7.47. The fraction of sp³-hybridized carbons (Fsp3) is 1.00. The Morgan fingerprint density at radius 3 is 2.91 bits per heavy atom. The maximum Gasteiger partial charge on any atom is 0.00817 e. The Hall–Kier alpha value is -0.0800. The van der Waals surface area contributed by atoms with Crippen LogP contribution in [0.5, 0.6) is 0 Å². The highest BCUT2D eigenvalue weighted by atomic mass is 14.9. The summed E-state index contributed by atoms with van der Waals surface area (Å²) in [5.74, 6) is 0. The van der Waals surface area contributed by atoms with E-state index < -0.39 is 0 Å². The fourth-order valence-electron chi connectivity index (χ4n) is 1.66. The summed E-state index contributed by atoms with van der Waals surface area (Å²) in [6.45, 7) is 3.36. The predicted octanol–water partition coefficient (Wildman–Crippen LogP) is 1.26. The molecule has 2 heteroatoms. The third kappa shape index (κ3) is 3.21. The van der Waals surface area contributed by atoms with Crippen molar-refractivity contribution in [2.45, 2.75) is 51.1 Å². The van der Waals surface area contributed by atoms with Gasteiger partial charge in [-0.15, -0.1) is 0 Å². The van der Waals surface area contributed by atoms with Crippen molar-refractivity contribution in [3.05, 3.63) is 0 Å². The van der Waals surface area contributed by atoms with E-state index in [9.17, 15) is 0 Å². The molecule has 0 aliphatic carbocycles. The second-order valence-electron chi connectivity index (χ2n) is 3.55. The molecule has 0 amide bonds. The van der Waals surface area contributed by atoms with Crippen molar-refractivity contribution in [1.82, 2.24) is 5.32 Å². The lowest BCUT2D eigenvalue weighted by atomic mass is 9.97. The van der Waals surface area contributed by atoms with Gasteiger partial charge in [0.25, 0.3) is 0 Å². The standard InChI is InChI=1S/C9H20N2/c1-2-8(10)7-9-5-3-4-6-11-9/h8-9,11H,2-7,10H2,1H3. The van der Waals surface area contributed by atoms with Crippen LogP contribution in [0.2, 0.25) is 0 Å². The summed E-state index contributed by atoms with van der Waals surface area (Å²) in [4.78, 5) is 0. The first-order chi connectivity index (χ1) is 5.33. The highest BCUT2D eigenvalue weighted by Gasteiger charge is 2.14. The van der Waals surface area contributed by atoms with Gasteiger partial charge in [0, 0.05) is 12.1 Å². The van der Waals surface area contributed by atoms with Crippen LogP contribution in [0.3, 0.4) is 0 Å². The predicted molar refractivity (Wildman–Crippen MR) is 48.5 cm³/mol. The van der Waals surface area contributed by atoms with Gasteiger partial charge in [-0.05, 0) is 32.2 Å². The maximum atomic E-state index is 5.86. The van der Waals surface area contributed by atoms with Crippen molar-refractivity contribution in [1.29, 1.82) is 0 Å². The minimum Gasteiger partial charge on any atom is -0.328 e. The minimum atomic E-state index is 0.408. The van der Waals surface area contributed by atoms with Crippen LogP contribution in [0, 0.1) is 0 Å². The molecule has 1 saturated heterocycles. The Morgan fingerprint density at radius 1 is 1.55 bits per heavy atom. The van der Waals surface area contributed by atoms with Crippen LogP contribution in [0.4, 0.5) is 0 Å². The van der Waals surface area contributed by atoms with Crippen molar-refractivity contribution < 1.29 is 0 Å². The van der Waals surface area contributed by atoms with Gasteiger partial charge in [0.2, 0.25) is 0 Å². The molecule has 0 aromatic rings. The van der Waals surface area contributed by atoms with Gasteiger partial charge in [0.1, 0.15) is 0 Å². The van der Waals surface area contributed by atoms with Crippen LogP contribution in [0.25, 0.3) is 0 Å². The van der Waals surface area contributed by atoms with Crippen LogP contribution < -0.4 is 11.1 Å². The molecule has 1 aliphatic heterocycles. The Labute approximate surface area is 69.5 Å². The molecular formula is C9H20N2. The molecule has 3 N–H and O–H groups in total. The Bertz CT molecular complexity index is 97.7. The van der Waals surface area contributed by atoms with Crippen LogP contribution in [0.15, 0.2) is 0 Å². The van der Waals surface area contributed by atoms with E-state index in [1.165, 1.54) is 25.8 Å². The molecule has 66 valence electrons.